The Labute approximate surface area is 80.9 Å². The highest BCUT2D eigenvalue weighted by Gasteiger charge is 2.10. The van der Waals surface area contributed by atoms with E-state index in [0.29, 0.717) is 0 Å². The molecule has 1 atom stereocenters. The zero-order valence-electron chi connectivity index (χ0n) is 7.27. The van der Waals surface area contributed by atoms with Crippen LogP contribution in [0.1, 0.15) is 24.0 Å². The minimum absolute atomic E-state index is 0.0653. The highest BCUT2D eigenvalue weighted by Crippen LogP contribution is 2.22. The van der Waals surface area contributed by atoms with Crippen molar-refractivity contribution in [1.82, 2.24) is 0 Å². The summed E-state index contributed by atoms with van der Waals surface area (Å²) in [5, 5.41) is 0.799. The van der Waals surface area contributed by atoms with Crippen molar-refractivity contribution in [2.75, 3.05) is 5.33 Å². The van der Waals surface area contributed by atoms with Crippen molar-refractivity contribution >= 4 is 15.9 Å². The molecule has 0 nitrogen and oxygen atoms in total. The van der Waals surface area contributed by atoms with E-state index in [0.717, 1.165) is 16.5 Å². The Kier molecular flexibility index (Phi) is 3.27. The third-order valence-corrected chi connectivity index (χ3v) is 2.96. The monoisotopic (exact) mass is 230 g/mol. The van der Waals surface area contributed by atoms with Crippen LogP contribution in [0.3, 0.4) is 0 Å². The van der Waals surface area contributed by atoms with E-state index < -0.39 is 0 Å². The van der Waals surface area contributed by atoms with Gasteiger partial charge in [0, 0.05) is 5.33 Å². The van der Waals surface area contributed by atoms with Gasteiger partial charge in [0.1, 0.15) is 5.82 Å². The van der Waals surface area contributed by atoms with Gasteiger partial charge in [-0.05, 0) is 24.0 Å². The zero-order chi connectivity index (χ0) is 9.14. The second kappa shape index (κ2) is 4.04. The summed E-state index contributed by atoms with van der Waals surface area (Å²) in [5.41, 5.74) is 1.52. The molecular weight excluding hydrogens is 219 g/mol. The van der Waals surface area contributed by atoms with E-state index in [1.165, 1.54) is 0 Å². The first-order valence-electron chi connectivity index (χ1n) is 3.97. The molecule has 2 heteroatoms. The summed E-state index contributed by atoms with van der Waals surface area (Å²) in [6.07, 6.45) is 0. The molecule has 1 aromatic rings. The largest absolute Gasteiger partial charge is 0.206 e. The highest BCUT2D eigenvalue weighted by atomic mass is 79.9. The molecule has 0 N–H and O–H groups in total. The van der Waals surface area contributed by atoms with Gasteiger partial charge >= 0.3 is 0 Å². The average molecular weight is 231 g/mol. The second-order valence-electron chi connectivity index (χ2n) is 3.03. The topological polar surface area (TPSA) is 0 Å². The van der Waals surface area contributed by atoms with Crippen LogP contribution in [0.4, 0.5) is 4.39 Å². The summed E-state index contributed by atoms with van der Waals surface area (Å²) in [7, 11) is 0. The lowest BCUT2D eigenvalue weighted by atomic mass is 10.0. The van der Waals surface area contributed by atoms with Gasteiger partial charge in [0.25, 0.3) is 0 Å². The molecule has 1 rings (SSSR count). The molecule has 0 fully saturated rings. The quantitative estimate of drug-likeness (QED) is 0.681. The third-order valence-electron chi connectivity index (χ3n) is 1.98. The van der Waals surface area contributed by atoms with Crippen molar-refractivity contribution in [2.45, 2.75) is 19.8 Å². The minimum Gasteiger partial charge on any atom is -0.206 e. The number of hydrogen-bond donors (Lipinski definition) is 0. The van der Waals surface area contributed by atoms with E-state index in [-0.39, 0.29) is 11.7 Å². The maximum absolute atomic E-state index is 13.4. The summed E-state index contributed by atoms with van der Waals surface area (Å²) < 4.78 is 13.4. The lowest BCUT2D eigenvalue weighted by Gasteiger charge is -2.10. The Balaban J connectivity index is 3.07. The second-order valence-corrected chi connectivity index (χ2v) is 3.68. The SMILES string of the molecule is Cc1cccc(C(C)CBr)c1F. The van der Waals surface area contributed by atoms with Crippen LogP contribution in [0, 0.1) is 12.7 Å². The van der Waals surface area contributed by atoms with Crippen LogP contribution in [-0.4, -0.2) is 5.33 Å². The van der Waals surface area contributed by atoms with Crippen LogP contribution in [-0.2, 0) is 0 Å². The first-order chi connectivity index (χ1) is 5.66. The molecule has 0 amide bonds. The molecule has 1 unspecified atom stereocenters. The summed E-state index contributed by atoms with van der Waals surface area (Å²) in [4.78, 5) is 0. The van der Waals surface area contributed by atoms with Crippen molar-refractivity contribution in [3.05, 3.63) is 35.1 Å². The lowest BCUT2D eigenvalue weighted by Crippen LogP contribution is -1.99. The fourth-order valence-corrected chi connectivity index (χ4v) is 1.48. The number of aryl methyl sites for hydroxylation is 1. The Bertz CT molecular complexity index is 271. The Morgan fingerprint density at radius 3 is 2.75 bits per heavy atom. The van der Waals surface area contributed by atoms with Crippen LogP contribution in [0.5, 0.6) is 0 Å². The molecule has 0 aromatic heterocycles. The van der Waals surface area contributed by atoms with Crippen molar-refractivity contribution in [1.29, 1.82) is 0 Å². The molecule has 0 aliphatic heterocycles. The van der Waals surface area contributed by atoms with E-state index in [1.807, 2.05) is 19.1 Å². The van der Waals surface area contributed by atoms with Gasteiger partial charge in [-0.15, -0.1) is 0 Å². The van der Waals surface area contributed by atoms with Crippen LogP contribution in [0.2, 0.25) is 0 Å². The Morgan fingerprint density at radius 1 is 1.50 bits per heavy atom. The molecule has 0 spiro atoms. The third kappa shape index (κ3) is 1.86. The van der Waals surface area contributed by atoms with E-state index >= 15 is 0 Å². The first-order valence-corrected chi connectivity index (χ1v) is 5.10. The van der Waals surface area contributed by atoms with Gasteiger partial charge in [0.15, 0.2) is 0 Å². The van der Waals surface area contributed by atoms with Gasteiger partial charge in [-0.3, -0.25) is 0 Å². The average Bonchev–Trinajstić information content (AvgIpc) is 2.08. The molecule has 0 saturated heterocycles. The summed E-state index contributed by atoms with van der Waals surface area (Å²) in [5.74, 6) is 0.175. The summed E-state index contributed by atoms with van der Waals surface area (Å²) in [6.45, 7) is 3.80. The Morgan fingerprint density at radius 2 is 2.17 bits per heavy atom. The Hall–Kier alpha value is -0.370. The molecule has 66 valence electrons. The summed E-state index contributed by atoms with van der Waals surface area (Å²) in [6, 6.07) is 5.53. The van der Waals surface area contributed by atoms with Gasteiger partial charge in [0.05, 0.1) is 0 Å². The first kappa shape index (κ1) is 9.72. The molecular formula is C10H12BrF. The molecule has 0 aliphatic rings. The molecule has 0 heterocycles. The predicted molar refractivity (Wildman–Crippen MR) is 53.3 cm³/mol. The van der Waals surface area contributed by atoms with E-state index in [2.05, 4.69) is 15.9 Å². The van der Waals surface area contributed by atoms with E-state index in [4.69, 9.17) is 0 Å². The number of benzene rings is 1. The van der Waals surface area contributed by atoms with Crippen LogP contribution in [0.25, 0.3) is 0 Å². The zero-order valence-corrected chi connectivity index (χ0v) is 8.86. The number of alkyl halides is 1. The van der Waals surface area contributed by atoms with Crippen molar-refractivity contribution < 1.29 is 4.39 Å². The van der Waals surface area contributed by atoms with Crippen molar-refractivity contribution in [2.24, 2.45) is 0 Å². The van der Waals surface area contributed by atoms with Gasteiger partial charge in [-0.1, -0.05) is 41.1 Å². The normalized spacial score (nSPS) is 13.0. The molecule has 0 aliphatic carbocycles. The van der Waals surface area contributed by atoms with Crippen LogP contribution < -0.4 is 0 Å². The van der Waals surface area contributed by atoms with E-state index in [9.17, 15) is 4.39 Å². The number of halogens is 2. The molecule has 0 radical (unpaired) electrons. The molecule has 0 saturated carbocycles. The molecule has 1 aromatic carbocycles. The van der Waals surface area contributed by atoms with Gasteiger partial charge < -0.3 is 0 Å². The van der Waals surface area contributed by atoms with Gasteiger partial charge in [0.2, 0.25) is 0 Å². The van der Waals surface area contributed by atoms with Crippen LogP contribution in [0.15, 0.2) is 18.2 Å². The van der Waals surface area contributed by atoms with Crippen molar-refractivity contribution in [3.63, 3.8) is 0 Å². The van der Waals surface area contributed by atoms with Gasteiger partial charge in [-0.2, -0.15) is 0 Å². The van der Waals surface area contributed by atoms with E-state index in [1.54, 1.807) is 13.0 Å². The smallest absolute Gasteiger partial charge is 0.129 e. The maximum atomic E-state index is 13.4. The number of hydrogen-bond acceptors (Lipinski definition) is 0. The predicted octanol–water partition coefficient (Wildman–Crippen LogP) is 3.63. The fraction of sp³-hybridized carbons (Fsp3) is 0.400. The van der Waals surface area contributed by atoms with Gasteiger partial charge in [-0.25, -0.2) is 4.39 Å². The summed E-state index contributed by atoms with van der Waals surface area (Å²) >= 11 is 3.34. The standard InChI is InChI=1S/C10H12BrF/c1-7-4-3-5-9(10(7)12)8(2)6-11/h3-5,8H,6H2,1-2H3. The molecule has 0 bridgehead atoms. The van der Waals surface area contributed by atoms with Crippen molar-refractivity contribution in [3.8, 4) is 0 Å². The fourth-order valence-electron chi connectivity index (χ4n) is 1.13. The van der Waals surface area contributed by atoms with Crippen LogP contribution >= 0.6 is 15.9 Å². The highest BCUT2D eigenvalue weighted by molar-refractivity contribution is 9.09. The maximum Gasteiger partial charge on any atom is 0.129 e. The molecule has 12 heavy (non-hydrogen) atoms. The minimum atomic E-state index is -0.0653. The lowest BCUT2D eigenvalue weighted by molar-refractivity contribution is 0.591. The number of rotatable bonds is 2.